The van der Waals surface area contributed by atoms with Crippen molar-refractivity contribution >= 4 is 23.4 Å². The van der Waals surface area contributed by atoms with Crippen molar-refractivity contribution in [3.63, 3.8) is 0 Å². The van der Waals surface area contributed by atoms with E-state index >= 15 is 0 Å². The summed E-state index contributed by atoms with van der Waals surface area (Å²) < 4.78 is 6.67. The van der Waals surface area contributed by atoms with Crippen molar-refractivity contribution in [1.82, 2.24) is 19.5 Å². The van der Waals surface area contributed by atoms with Gasteiger partial charge in [-0.3, -0.25) is 5.01 Å². The highest BCUT2D eigenvalue weighted by Crippen LogP contribution is 2.25. The normalized spacial score (nSPS) is 15.6. The van der Waals surface area contributed by atoms with Crippen molar-refractivity contribution < 1.29 is 9.66 Å². The van der Waals surface area contributed by atoms with Gasteiger partial charge in [0.25, 0.3) is 5.82 Å². The van der Waals surface area contributed by atoms with E-state index in [1.165, 1.54) is 22.1 Å². The Morgan fingerprint density at radius 3 is 2.95 bits per heavy atom. The van der Waals surface area contributed by atoms with Gasteiger partial charge in [0, 0.05) is 5.38 Å². The van der Waals surface area contributed by atoms with Crippen LogP contribution in [0.4, 0.5) is 5.82 Å². The van der Waals surface area contributed by atoms with Crippen LogP contribution in [0.25, 0.3) is 10.8 Å². The Balaban J connectivity index is 1.76. The van der Waals surface area contributed by atoms with Crippen molar-refractivity contribution in [2.75, 3.05) is 26.3 Å². The predicted octanol–water partition coefficient (Wildman–Crippen LogP) is 1.12. The van der Waals surface area contributed by atoms with Crippen molar-refractivity contribution in [2.45, 2.75) is 0 Å². The molecule has 2 aromatic rings. The molecule has 2 aromatic heterocycles. The number of aromatic nitrogens is 3. The lowest BCUT2D eigenvalue weighted by atomic mass is 10.5. The topological polar surface area (TPSA) is 98.7 Å². The van der Waals surface area contributed by atoms with E-state index < -0.39 is 4.92 Å². The molecule has 1 fully saturated rings. The van der Waals surface area contributed by atoms with Crippen LogP contribution in [0.1, 0.15) is 5.69 Å². The number of nitrogens with zero attached hydrogens (tertiary/aromatic N) is 6. The second-order valence-corrected chi connectivity index (χ2v) is 5.50. The number of ether oxygens (including phenoxy) is 1. The van der Waals surface area contributed by atoms with Gasteiger partial charge in [-0.05, 0) is 4.92 Å². The third-order valence-electron chi connectivity index (χ3n) is 3.20. The summed E-state index contributed by atoms with van der Waals surface area (Å²) >= 11 is 1.38. The third-order valence-corrected chi connectivity index (χ3v) is 4.06. The van der Waals surface area contributed by atoms with E-state index in [1.54, 1.807) is 13.3 Å². The van der Waals surface area contributed by atoms with E-state index in [4.69, 9.17) is 4.74 Å². The van der Waals surface area contributed by atoms with Crippen LogP contribution in [-0.4, -0.2) is 57.0 Å². The van der Waals surface area contributed by atoms with Crippen molar-refractivity contribution in [3.8, 4) is 10.8 Å². The number of imidazole rings is 1. The molecular formula is C12H14N6O3S. The zero-order chi connectivity index (χ0) is 15.5. The zero-order valence-electron chi connectivity index (χ0n) is 11.9. The minimum atomic E-state index is -0.467. The average Bonchev–Trinajstić information content (AvgIpc) is 3.12. The first-order valence-corrected chi connectivity index (χ1v) is 7.52. The van der Waals surface area contributed by atoms with E-state index in [9.17, 15) is 10.1 Å². The van der Waals surface area contributed by atoms with Gasteiger partial charge in [0.2, 0.25) is 0 Å². The summed E-state index contributed by atoms with van der Waals surface area (Å²) in [5.74, 6) is 0.413. The molecule has 0 N–H and O–H groups in total. The zero-order valence-corrected chi connectivity index (χ0v) is 12.7. The number of hydrogen-bond donors (Lipinski definition) is 0. The molecule has 0 aliphatic carbocycles. The molecule has 0 spiro atoms. The molecule has 0 amide bonds. The van der Waals surface area contributed by atoms with Gasteiger partial charge in [-0.25, -0.2) is 14.5 Å². The lowest BCUT2D eigenvalue weighted by Crippen LogP contribution is -2.32. The summed E-state index contributed by atoms with van der Waals surface area (Å²) in [7, 11) is 1.60. The summed E-state index contributed by atoms with van der Waals surface area (Å²) in [5.41, 5.74) is 0.706. The number of rotatable bonds is 4. The van der Waals surface area contributed by atoms with E-state index in [0.29, 0.717) is 29.7 Å². The summed E-state index contributed by atoms with van der Waals surface area (Å²) in [6.45, 7) is 2.88. The molecule has 1 aliphatic rings. The maximum atomic E-state index is 10.8. The van der Waals surface area contributed by atoms with Crippen LogP contribution in [0, 0.1) is 10.1 Å². The van der Waals surface area contributed by atoms with Crippen LogP contribution in [0.3, 0.4) is 0 Å². The Labute approximate surface area is 130 Å². The minimum absolute atomic E-state index is 0.0614. The van der Waals surface area contributed by atoms with Crippen molar-refractivity contribution in [3.05, 3.63) is 27.4 Å². The lowest BCUT2D eigenvalue weighted by molar-refractivity contribution is -0.391. The van der Waals surface area contributed by atoms with E-state index in [-0.39, 0.29) is 5.82 Å². The molecule has 1 saturated heterocycles. The number of morpholine rings is 1. The Bertz CT molecular complexity index is 704. The fourth-order valence-electron chi connectivity index (χ4n) is 2.03. The van der Waals surface area contributed by atoms with Crippen LogP contribution in [0.2, 0.25) is 0 Å². The summed E-state index contributed by atoms with van der Waals surface area (Å²) in [6.07, 6.45) is 2.92. The fourth-order valence-corrected chi connectivity index (χ4v) is 2.83. The standard InChI is InChI=1S/C12H14N6O3S/c1-16-10(18(19)20)7-13-11(16)12-15-9(8-22-12)6-14-17-2-4-21-5-3-17/h6-8H,2-5H2,1H3/b14-6+. The molecule has 0 radical (unpaired) electrons. The third kappa shape index (κ3) is 2.97. The predicted molar refractivity (Wildman–Crippen MR) is 81.0 cm³/mol. The van der Waals surface area contributed by atoms with Crippen molar-refractivity contribution in [2.24, 2.45) is 12.1 Å². The first-order chi connectivity index (χ1) is 10.6. The fraction of sp³-hybridized carbons (Fsp3) is 0.417. The molecule has 116 valence electrons. The quantitative estimate of drug-likeness (QED) is 0.475. The summed E-state index contributed by atoms with van der Waals surface area (Å²) in [6, 6.07) is 0. The minimum Gasteiger partial charge on any atom is -0.378 e. The SMILES string of the molecule is Cn1c([N+](=O)[O-])cnc1-c1nc(/C=N/N2CCOCC2)cs1. The van der Waals surface area contributed by atoms with Crippen LogP contribution in [-0.2, 0) is 11.8 Å². The van der Waals surface area contributed by atoms with Crippen molar-refractivity contribution in [1.29, 1.82) is 0 Å². The molecule has 9 nitrogen and oxygen atoms in total. The average molecular weight is 322 g/mol. The van der Waals surface area contributed by atoms with Crippen LogP contribution < -0.4 is 0 Å². The maximum Gasteiger partial charge on any atom is 0.342 e. The van der Waals surface area contributed by atoms with Crippen LogP contribution >= 0.6 is 11.3 Å². The van der Waals surface area contributed by atoms with Gasteiger partial charge in [-0.15, -0.1) is 11.3 Å². The van der Waals surface area contributed by atoms with Crippen LogP contribution in [0.15, 0.2) is 16.7 Å². The molecule has 0 bridgehead atoms. The number of thiazole rings is 1. The Morgan fingerprint density at radius 1 is 1.50 bits per heavy atom. The Morgan fingerprint density at radius 2 is 2.27 bits per heavy atom. The Hall–Kier alpha value is -2.33. The highest BCUT2D eigenvalue weighted by Gasteiger charge is 2.20. The molecule has 0 saturated carbocycles. The van der Waals surface area contributed by atoms with Gasteiger partial charge < -0.3 is 14.9 Å². The molecule has 22 heavy (non-hydrogen) atoms. The molecule has 0 atom stereocenters. The van der Waals surface area contributed by atoms with Gasteiger partial charge in [0.1, 0.15) is 6.20 Å². The molecule has 1 aliphatic heterocycles. The van der Waals surface area contributed by atoms with Gasteiger partial charge in [0.15, 0.2) is 5.01 Å². The molecule has 3 heterocycles. The molecule has 0 unspecified atom stereocenters. The van der Waals surface area contributed by atoms with Gasteiger partial charge in [0.05, 0.1) is 45.3 Å². The molecular weight excluding hydrogens is 308 g/mol. The summed E-state index contributed by atoms with van der Waals surface area (Å²) in [4.78, 5) is 18.8. The van der Waals surface area contributed by atoms with Gasteiger partial charge in [-0.1, -0.05) is 0 Å². The Kier molecular flexibility index (Phi) is 4.11. The first kappa shape index (κ1) is 14.6. The molecule has 3 rings (SSSR count). The van der Waals surface area contributed by atoms with E-state index in [2.05, 4.69) is 15.1 Å². The lowest BCUT2D eigenvalue weighted by Gasteiger charge is -2.23. The second-order valence-electron chi connectivity index (χ2n) is 4.64. The van der Waals surface area contributed by atoms with Gasteiger partial charge >= 0.3 is 5.82 Å². The molecule has 0 aromatic carbocycles. The highest BCUT2D eigenvalue weighted by molar-refractivity contribution is 7.13. The largest absolute Gasteiger partial charge is 0.378 e. The monoisotopic (exact) mass is 322 g/mol. The second kappa shape index (κ2) is 6.20. The van der Waals surface area contributed by atoms with Crippen LogP contribution in [0.5, 0.6) is 0 Å². The number of hydrazone groups is 1. The van der Waals surface area contributed by atoms with E-state index in [0.717, 1.165) is 13.1 Å². The van der Waals surface area contributed by atoms with Gasteiger partial charge in [-0.2, -0.15) is 5.10 Å². The number of hydrogen-bond acceptors (Lipinski definition) is 8. The number of nitro groups is 1. The molecule has 10 heteroatoms. The van der Waals surface area contributed by atoms with E-state index in [1.807, 2.05) is 10.4 Å². The highest BCUT2D eigenvalue weighted by atomic mass is 32.1. The summed E-state index contributed by atoms with van der Waals surface area (Å²) in [5, 5.41) is 19.6. The smallest absolute Gasteiger partial charge is 0.342 e. The first-order valence-electron chi connectivity index (χ1n) is 6.64. The maximum absolute atomic E-state index is 10.8.